The van der Waals surface area contributed by atoms with Crippen molar-refractivity contribution in [1.29, 1.82) is 0 Å². The quantitative estimate of drug-likeness (QED) is 0.563. The number of hydrogen-bond acceptors (Lipinski definition) is 2. The summed E-state index contributed by atoms with van der Waals surface area (Å²) in [5.41, 5.74) is 1.77. The average Bonchev–Trinajstić information content (AvgIpc) is 2.00. The molecule has 0 atom stereocenters. The van der Waals surface area contributed by atoms with E-state index in [9.17, 15) is 0 Å². The normalized spacial score (nSPS) is 10.5. The van der Waals surface area contributed by atoms with Crippen LogP contribution in [-0.2, 0) is 0 Å². The van der Waals surface area contributed by atoms with Gasteiger partial charge in [0.05, 0.1) is 0 Å². The molecule has 0 fully saturated rings. The molecule has 0 spiro atoms. The summed E-state index contributed by atoms with van der Waals surface area (Å²) in [5.74, 6) is 6.15. The molecule has 0 amide bonds. The Hall–Kier alpha value is -1.36. The van der Waals surface area contributed by atoms with Crippen LogP contribution in [0.1, 0.15) is 32.2 Å². The molecule has 1 aromatic heterocycles. The molecular weight excluding hydrogens is 160 g/mol. The Morgan fingerprint density at radius 1 is 1.23 bits per heavy atom. The second kappa shape index (κ2) is 3.57. The summed E-state index contributed by atoms with van der Waals surface area (Å²) in [7, 11) is 0. The molecule has 1 heterocycles. The lowest BCUT2D eigenvalue weighted by atomic mass is 9.98. The maximum atomic E-state index is 4.06. The summed E-state index contributed by atoms with van der Waals surface area (Å²) in [4.78, 5) is 8.06. The van der Waals surface area contributed by atoms with Crippen molar-refractivity contribution in [2.45, 2.75) is 27.7 Å². The highest BCUT2D eigenvalue weighted by Crippen LogP contribution is 2.10. The van der Waals surface area contributed by atoms with E-state index >= 15 is 0 Å². The fourth-order valence-corrected chi connectivity index (χ4v) is 0.774. The van der Waals surface area contributed by atoms with Gasteiger partial charge in [-0.2, -0.15) is 0 Å². The lowest BCUT2D eigenvalue weighted by molar-refractivity contribution is 0.571. The Morgan fingerprint density at radius 2 is 1.92 bits per heavy atom. The van der Waals surface area contributed by atoms with Gasteiger partial charge in [0.25, 0.3) is 0 Å². The summed E-state index contributed by atoms with van der Waals surface area (Å²) in [6.45, 7) is 8.17. The predicted molar refractivity (Wildman–Crippen MR) is 53.1 cm³/mol. The minimum atomic E-state index is 0.0266. The number of aromatic nitrogens is 2. The number of nitrogens with zero attached hydrogens (tertiary/aromatic N) is 2. The summed E-state index contributed by atoms with van der Waals surface area (Å²) in [6, 6.07) is 1.89. The molecule has 0 aromatic carbocycles. The molecule has 0 saturated heterocycles. The first-order valence-electron chi connectivity index (χ1n) is 4.29. The van der Waals surface area contributed by atoms with Crippen LogP contribution < -0.4 is 0 Å². The van der Waals surface area contributed by atoms with Gasteiger partial charge < -0.3 is 0 Å². The molecule has 0 aliphatic heterocycles. The molecule has 68 valence electrons. The lowest BCUT2D eigenvalue weighted by Gasteiger charge is -2.06. The van der Waals surface area contributed by atoms with Crippen molar-refractivity contribution < 1.29 is 0 Å². The Labute approximate surface area is 79.4 Å². The first-order chi connectivity index (χ1) is 5.97. The summed E-state index contributed by atoms with van der Waals surface area (Å²) >= 11 is 0. The number of rotatable bonds is 0. The zero-order valence-corrected chi connectivity index (χ0v) is 8.55. The molecule has 13 heavy (non-hydrogen) atoms. The Kier molecular flexibility index (Phi) is 2.67. The molecule has 0 aliphatic rings. The fourth-order valence-electron chi connectivity index (χ4n) is 0.774. The molecule has 0 aliphatic carbocycles. The van der Waals surface area contributed by atoms with Crippen molar-refractivity contribution in [2.24, 2.45) is 5.41 Å². The summed E-state index contributed by atoms with van der Waals surface area (Å²) in [5, 5.41) is 0. The SMILES string of the molecule is Cc1cc(C#CC(C)(C)C)ncn1. The molecule has 0 radical (unpaired) electrons. The van der Waals surface area contributed by atoms with Crippen LogP contribution in [-0.4, -0.2) is 9.97 Å². The van der Waals surface area contributed by atoms with Crippen molar-refractivity contribution in [2.75, 3.05) is 0 Å². The van der Waals surface area contributed by atoms with Gasteiger partial charge in [-0.3, -0.25) is 0 Å². The monoisotopic (exact) mass is 174 g/mol. The van der Waals surface area contributed by atoms with Gasteiger partial charge in [0.2, 0.25) is 0 Å². The van der Waals surface area contributed by atoms with Gasteiger partial charge in [0.1, 0.15) is 12.0 Å². The molecule has 0 unspecified atom stereocenters. The van der Waals surface area contributed by atoms with Crippen LogP contribution in [0, 0.1) is 24.2 Å². The zero-order valence-electron chi connectivity index (χ0n) is 8.55. The molecule has 1 aromatic rings. The van der Waals surface area contributed by atoms with E-state index in [1.807, 2.05) is 13.0 Å². The predicted octanol–water partition coefficient (Wildman–Crippen LogP) is 2.18. The third-order valence-corrected chi connectivity index (χ3v) is 1.37. The molecule has 2 nitrogen and oxygen atoms in total. The van der Waals surface area contributed by atoms with Gasteiger partial charge in [-0.1, -0.05) is 5.92 Å². The molecular formula is C11H14N2. The smallest absolute Gasteiger partial charge is 0.117 e. The third-order valence-electron chi connectivity index (χ3n) is 1.37. The van der Waals surface area contributed by atoms with Gasteiger partial charge in [-0.05, 0) is 39.7 Å². The van der Waals surface area contributed by atoms with Crippen molar-refractivity contribution in [3.8, 4) is 11.8 Å². The standard InChI is InChI=1S/C11H14N2/c1-9-7-10(13-8-12-9)5-6-11(2,3)4/h7-8H,1-4H3. The number of aryl methyl sites for hydroxylation is 1. The van der Waals surface area contributed by atoms with Gasteiger partial charge in [-0.25, -0.2) is 9.97 Å². The number of hydrogen-bond donors (Lipinski definition) is 0. The first-order valence-corrected chi connectivity index (χ1v) is 4.29. The van der Waals surface area contributed by atoms with Gasteiger partial charge >= 0.3 is 0 Å². The Bertz CT molecular complexity index is 350. The van der Waals surface area contributed by atoms with E-state index in [4.69, 9.17) is 0 Å². The fraction of sp³-hybridized carbons (Fsp3) is 0.455. The van der Waals surface area contributed by atoms with E-state index in [0.29, 0.717) is 0 Å². The van der Waals surface area contributed by atoms with E-state index < -0.39 is 0 Å². The first kappa shape index (κ1) is 9.73. The zero-order chi connectivity index (χ0) is 9.90. The molecule has 0 saturated carbocycles. The van der Waals surface area contributed by atoms with E-state index in [0.717, 1.165) is 11.4 Å². The van der Waals surface area contributed by atoms with E-state index in [1.54, 1.807) is 6.33 Å². The maximum Gasteiger partial charge on any atom is 0.117 e. The van der Waals surface area contributed by atoms with E-state index in [-0.39, 0.29) is 5.41 Å². The second-order valence-corrected chi connectivity index (χ2v) is 4.04. The summed E-state index contributed by atoms with van der Waals surface area (Å²) in [6.07, 6.45) is 1.54. The summed E-state index contributed by atoms with van der Waals surface area (Å²) < 4.78 is 0. The van der Waals surface area contributed by atoms with Crippen LogP contribution in [0.15, 0.2) is 12.4 Å². The highest BCUT2D eigenvalue weighted by atomic mass is 14.8. The van der Waals surface area contributed by atoms with Crippen molar-refractivity contribution in [3.63, 3.8) is 0 Å². The highest BCUT2D eigenvalue weighted by Gasteiger charge is 2.03. The average molecular weight is 174 g/mol. The Morgan fingerprint density at radius 3 is 2.46 bits per heavy atom. The van der Waals surface area contributed by atoms with E-state index in [1.165, 1.54) is 0 Å². The molecule has 1 rings (SSSR count). The van der Waals surface area contributed by atoms with Crippen LogP contribution in [0.25, 0.3) is 0 Å². The molecule has 0 bridgehead atoms. The van der Waals surface area contributed by atoms with Crippen molar-refractivity contribution in [3.05, 3.63) is 23.8 Å². The minimum absolute atomic E-state index is 0.0266. The van der Waals surface area contributed by atoms with Crippen LogP contribution in [0.4, 0.5) is 0 Å². The van der Waals surface area contributed by atoms with Crippen LogP contribution in [0.2, 0.25) is 0 Å². The Balaban J connectivity index is 2.90. The van der Waals surface area contributed by atoms with Crippen LogP contribution >= 0.6 is 0 Å². The van der Waals surface area contributed by atoms with Gasteiger partial charge in [-0.15, -0.1) is 0 Å². The van der Waals surface area contributed by atoms with Crippen LogP contribution in [0.3, 0.4) is 0 Å². The topological polar surface area (TPSA) is 25.8 Å². The van der Waals surface area contributed by atoms with Gasteiger partial charge in [0, 0.05) is 11.1 Å². The lowest BCUT2D eigenvalue weighted by Crippen LogP contribution is -1.99. The highest BCUT2D eigenvalue weighted by molar-refractivity contribution is 5.29. The largest absolute Gasteiger partial charge is 0.242 e. The molecule has 2 heteroatoms. The maximum absolute atomic E-state index is 4.06. The molecule has 0 N–H and O–H groups in total. The third kappa shape index (κ3) is 3.71. The van der Waals surface area contributed by atoms with Crippen molar-refractivity contribution >= 4 is 0 Å². The van der Waals surface area contributed by atoms with E-state index in [2.05, 4.69) is 42.6 Å². The van der Waals surface area contributed by atoms with Crippen molar-refractivity contribution in [1.82, 2.24) is 9.97 Å². The minimum Gasteiger partial charge on any atom is -0.242 e. The second-order valence-electron chi connectivity index (χ2n) is 4.04. The van der Waals surface area contributed by atoms with Gasteiger partial charge in [0.15, 0.2) is 0 Å². The van der Waals surface area contributed by atoms with Crippen LogP contribution in [0.5, 0.6) is 0 Å².